The van der Waals surface area contributed by atoms with Crippen molar-refractivity contribution in [1.82, 2.24) is 0 Å². The highest BCUT2D eigenvalue weighted by Crippen LogP contribution is 2.42. The monoisotopic (exact) mass is 432 g/mol. The first-order valence-electron chi connectivity index (χ1n) is 11.3. The van der Waals surface area contributed by atoms with E-state index in [9.17, 15) is 30.6 Å². The number of aliphatic hydroxyl groups is 6. The van der Waals surface area contributed by atoms with Gasteiger partial charge in [0.15, 0.2) is 6.29 Å². The van der Waals surface area contributed by atoms with Gasteiger partial charge in [0.2, 0.25) is 0 Å². The molecule has 0 aromatic rings. The number of rotatable bonds is 4. The fourth-order valence-corrected chi connectivity index (χ4v) is 5.73. The van der Waals surface area contributed by atoms with Gasteiger partial charge in [0.1, 0.15) is 24.4 Å². The lowest BCUT2D eigenvalue weighted by Gasteiger charge is -2.49. The summed E-state index contributed by atoms with van der Waals surface area (Å²) in [7, 11) is 0. The number of hydrogen-bond donors (Lipinski definition) is 6. The highest BCUT2D eigenvalue weighted by atomic mass is 16.7. The standard InChI is InChI=1S/C21H36O9/c22-9-17-18(25)19(26)20(27)21(30-17)29-16-8-12(24)7-15-13(16)5-6-14(28-15)10-1-3-11(23)4-2-10/h10-27H,1-9H2/t10?,11?,12?,13?,14?,15?,16?,17-,18-,19+,20-,21-/m1/s1. The van der Waals surface area contributed by atoms with Crippen LogP contribution in [0.5, 0.6) is 0 Å². The molecule has 2 saturated heterocycles. The maximum absolute atomic E-state index is 10.4. The maximum atomic E-state index is 10.4. The van der Waals surface area contributed by atoms with Crippen molar-refractivity contribution < 1.29 is 44.8 Å². The van der Waals surface area contributed by atoms with Crippen molar-refractivity contribution >= 4 is 0 Å². The van der Waals surface area contributed by atoms with Crippen LogP contribution in [0.4, 0.5) is 0 Å². The van der Waals surface area contributed by atoms with Gasteiger partial charge in [-0.25, -0.2) is 0 Å². The third kappa shape index (κ3) is 4.69. The van der Waals surface area contributed by atoms with Crippen LogP contribution in [0.25, 0.3) is 0 Å². The van der Waals surface area contributed by atoms with Crippen LogP contribution in [0.2, 0.25) is 0 Å². The minimum absolute atomic E-state index is 0.0335. The van der Waals surface area contributed by atoms with Crippen LogP contribution in [0, 0.1) is 11.8 Å². The van der Waals surface area contributed by atoms with Gasteiger partial charge in [0.25, 0.3) is 0 Å². The van der Waals surface area contributed by atoms with Crippen molar-refractivity contribution in [3.63, 3.8) is 0 Å². The molecule has 2 aliphatic heterocycles. The predicted molar refractivity (Wildman–Crippen MR) is 103 cm³/mol. The fourth-order valence-electron chi connectivity index (χ4n) is 5.73. The van der Waals surface area contributed by atoms with E-state index in [0.717, 1.165) is 38.5 Å². The molecule has 2 heterocycles. The van der Waals surface area contributed by atoms with Gasteiger partial charge in [-0.3, -0.25) is 0 Å². The second-order valence-electron chi connectivity index (χ2n) is 9.52. The van der Waals surface area contributed by atoms with E-state index in [1.165, 1.54) is 0 Å². The third-order valence-corrected chi connectivity index (χ3v) is 7.52. The molecular formula is C21H36O9. The highest BCUT2D eigenvalue weighted by molar-refractivity contribution is 4.95. The molecule has 5 unspecified atom stereocenters. The minimum Gasteiger partial charge on any atom is -0.394 e. The van der Waals surface area contributed by atoms with E-state index in [1.54, 1.807) is 0 Å². The Bertz CT molecular complexity index is 553. The molecule has 174 valence electrons. The normalized spacial score (nSPS) is 52.6. The topological polar surface area (TPSA) is 149 Å². The summed E-state index contributed by atoms with van der Waals surface area (Å²) in [5.41, 5.74) is 0. The van der Waals surface area contributed by atoms with Gasteiger partial charge in [-0.2, -0.15) is 0 Å². The molecule has 0 amide bonds. The number of ether oxygens (including phenoxy) is 3. The van der Waals surface area contributed by atoms with Crippen LogP contribution in [-0.2, 0) is 14.2 Å². The summed E-state index contributed by atoms with van der Waals surface area (Å²) >= 11 is 0. The van der Waals surface area contributed by atoms with Gasteiger partial charge in [0, 0.05) is 12.3 Å². The molecule has 0 bridgehead atoms. The van der Waals surface area contributed by atoms with Gasteiger partial charge in [0.05, 0.1) is 37.1 Å². The van der Waals surface area contributed by atoms with Crippen LogP contribution in [0.1, 0.15) is 51.4 Å². The predicted octanol–water partition coefficient (Wildman–Crippen LogP) is -0.959. The number of hydrogen-bond acceptors (Lipinski definition) is 9. The van der Waals surface area contributed by atoms with Crippen molar-refractivity contribution in [2.45, 2.75) is 113 Å². The molecule has 4 aliphatic rings. The zero-order chi connectivity index (χ0) is 21.4. The molecule has 0 spiro atoms. The first-order chi connectivity index (χ1) is 14.4. The van der Waals surface area contributed by atoms with Crippen molar-refractivity contribution in [2.24, 2.45) is 11.8 Å². The maximum Gasteiger partial charge on any atom is 0.186 e. The summed E-state index contributed by atoms with van der Waals surface area (Å²) in [6.07, 6.45) is -1.67. The molecule has 30 heavy (non-hydrogen) atoms. The van der Waals surface area contributed by atoms with E-state index >= 15 is 0 Å². The van der Waals surface area contributed by atoms with Crippen LogP contribution in [0.15, 0.2) is 0 Å². The van der Waals surface area contributed by atoms with Crippen LogP contribution in [0.3, 0.4) is 0 Å². The molecule has 10 atom stereocenters. The summed E-state index contributed by atoms with van der Waals surface area (Å²) in [5, 5.41) is 59.8. The average molecular weight is 433 g/mol. The number of aliphatic hydroxyl groups excluding tert-OH is 6. The van der Waals surface area contributed by atoms with Gasteiger partial charge in [-0.1, -0.05) is 0 Å². The number of fused-ring (bicyclic) bond motifs is 1. The largest absolute Gasteiger partial charge is 0.394 e. The molecular weight excluding hydrogens is 396 g/mol. The first kappa shape index (κ1) is 22.8. The molecule has 6 N–H and O–H groups in total. The summed E-state index contributed by atoms with van der Waals surface area (Å²) in [4.78, 5) is 0. The quantitative estimate of drug-likeness (QED) is 0.330. The first-order valence-corrected chi connectivity index (χ1v) is 11.3. The van der Waals surface area contributed by atoms with E-state index in [4.69, 9.17) is 14.2 Å². The highest BCUT2D eigenvalue weighted by Gasteiger charge is 2.49. The molecule has 0 aromatic heterocycles. The lowest BCUT2D eigenvalue weighted by Crippen LogP contribution is -2.61. The fraction of sp³-hybridized carbons (Fsp3) is 1.00. The van der Waals surface area contributed by atoms with E-state index in [1.807, 2.05) is 0 Å². The Kier molecular flexibility index (Phi) is 7.33. The Hall–Kier alpha value is -0.360. The Morgan fingerprint density at radius 1 is 0.700 bits per heavy atom. The lowest BCUT2D eigenvalue weighted by atomic mass is 9.74. The van der Waals surface area contributed by atoms with Gasteiger partial charge >= 0.3 is 0 Å². The van der Waals surface area contributed by atoms with E-state index in [-0.39, 0.29) is 24.2 Å². The summed E-state index contributed by atoms with van der Waals surface area (Å²) < 4.78 is 17.9. The SMILES string of the molecule is OC[C@H]1O[C@@H](OC2CC(O)CC3OC(C4CCC(O)CC4)CCC32)[C@H](O)[C@@H](O)[C@@H]1O. The van der Waals surface area contributed by atoms with Gasteiger partial charge < -0.3 is 44.8 Å². The van der Waals surface area contributed by atoms with Crippen LogP contribution < -0.4 is 0 Å². The summed E-state index contributed by atoms with van der Waals surface area (Å²) in [6, 6.07) is 0. The minimum atomic E-state index is -1.49. The van der Waals surface area contributed by atoms with E-state index in [2.05, 4.69) is 0 Å². The molecule has 0 radical (unpaired) electrons. The molecule has 9 nitrogen and oxygen atoms in total. The Balaban J connectivity index is 1.39. The Morgan fingerprint density at radius 2 is 1.43 bits per heavy atom. The van der Waals surface area contributed by atoms with Crippen molar-refractivity contribution in [2.75, 3.05) is 6.61 Å². The van der Waals surface area contributed by atoms with Crippen molar-refractivity contribution in [1.29, 1.82) is 0 Å². The third-order valence-electron chi connectivity index (χ3n) is 7.52. The average Bonchev–Trinajstić information content (AvgIpc) is 2.74. The van der Waals surface area contributed by atoms with E-state index in [0.29, 0.717) is 18.8 Å². The summed E-state index contributed by atoms with van der Waals surface area (Å²) in [6.45, 7) is -0.509. The Morgan fingerprint density at radius 3 is 2.13 bits per heavy atom. The van der Waals surface area contributed by atoms with Gasteiger partial charge in [-0.05, 0) is 50.9 Å². The van der Waals surface area contributed by atoms with E-state index < -0.39 is 49.5 Å². The van der Waals surface area contributed by atoms with Crippen LogP contribution >= 0.6 is 0 Å². The molecule has 9 heteroatoms. The zero-order valence-corrected chi connectivity index (χ0v) is 17.2. The van der Waals surface area contributed by atoms with Crippen molar-refractivity contribution in [3.05, 3.63) is 0 Å². The molecule has 4 fully saturated rings. The molecule has 2 aliphatic carbocycles. The molecule has 0 aromatic carbocycles. The van der Waals surface area contributed by atoms with Gasteiger partial charge in [-0.15, -0.1) is 0 Å². The second kappa shape index (κ2) is 9.64. The lowest BCUT2D eigenvalue weighted by molar-refractivity contribution is -0.324. The Labute approximate surface area is 176 Å². The zero-order valence-electron chi connectivity index (χ0n) is 17.2. The second-order valence-corrected chi connectivity index (χ2v) is 9.52. The van der Waals surface area contributed by atoms with Crippen molar-refractivity contribution in [3.8, 4) is 0 Å². The molecule has 4 rings (SSSR count). The smallest absolute Gasteiger partial charge is 0.186 e. The summed E-state index contributed by atoms with van der Waals surface area (Å²) in [5.74, 6) is 0.462. The van der Waals surface area contributed by atoms with Crippen LogP contribution in [-0.4, -0.2) is 98.5 Å². The molecule has 2 saturated carbocycles.